The summed E-state index contributed by atoms with van der Waals surface area (Å²) in [6, 6.07) is 4.79. The van der Waals surface area contributed by atoms with Gasteiger partial charge in [0.15, 0.2) is 0 Å². The van der Waals surface area contributed by atoms with Crippen molar-refractivity contribution < 1.29 is 4.39 Å². The van der Waals surface area contributed by atoms with Gasteiger partial charge in [0.05, 0.1) is 0 Å². The van der Waals surface area contributed by atoms with Crippen LogP contribution in [-0.4, -0.2) is 7.05 Å². The van der Waals surface area contributed by atoms with E-state index in [4.69, 9.17) is 11.6 Å². The molecule has 1 aromatic rings. The third-order valence-corrected chi connectivity index (χ3v) is 2.58. The van der Waals surface area contributed by atoms with E-state index in [1.54, 1.807) is 12.1 Å². The van der Waals surface area contributed by atoms with E-state index in [2.05, 4.69) is 11.9 Å². The lowest BCUT2D eigenvalue weighted by atomic mass is 10.0. The Morgan fingerprint density at radius 1 is 1.60 bits per heavy atom. The SMILES string of the molecule is C=CCCC(NC)c1ccc(Cl)cc1F. The summed E-state index contributed by atoms with van der Waals surface area (Å²) in [6.07, 6.45) is 3.52. The second-order valence-corrected chi connectivity index (χ2v) is 3.81. The van der Waals surface area contributed by atoms with Gasteiger partial charge in [-0.2, -0.15) is 0 Å². The molecule has 0 amide bonds. The van der Waals surface area contributed by atoms with Crippen molar-refractivity contribution in [2.75, 3.05) is 7.05 Å². The van der Waals surface area contributed by atoms with Crippen LogP contribution >= 0.6 is 11.6 Å². The van der Waals surface area contributed by atoms with Crippen LogP contribution < -0.4 is 5.32 Å². The molecule has 0 radical (unpaired) electrons. The second-order valence-electron chi connectivity index (χ2n) is 3.37. The van der Waals surface area contributed by atoms with Crippen molar-refractivity contribution in [2.24, 2.45) is 0 Å². The van der Waals surface area contributed by atoms with Gasteiger partial charge in [0.1, 0.15) is 5.82 Å². The van der Waals surface area contributed by atoms with E-state index < -0.39 is 0 Å². The van der Waals surface area contributed by atoms with E-state index >= 15 is 0 Å². The quantitative estimate of drug-likeness (QED) is 0.757. The number of halogens is 2. The van der Waals surface area contributed by atoms with Crippen molar-refractivity contribution in [1.82, 2.24) is 5.32 Å². The highest BCUT2D eigenvalue weighted by Gasteiger charge is 2.12. The van der Waals surface area contributed by atoms with Crippen LogP contribution in [0.2, 0.25) is 5.02 Å². The molecule has 0 spiro atoms. The average Bonchev–Trinajstić information content (AvgIpc) is 2.21. The Morgan fingerprint density at radius 3 is 2.87 bits per heavy atom. The highest BCUT2D eigenvalue weighted by atomic mass is 35.5. The lowest BCUT2D eigenvalue weighted by Gasteiger charge is -2.16. The zero-order valence-corrected chi connectivity index (χ0v) is 9.52. The summed E-state index contributed by atoms with van der Waals surface area (Å²) >= 11 is 5.69. The Bertz CT molecular complexity index is 338. The van der Waals surface area contributed by atoms with Crippen LogP contribution in [0.1, 0.15) is 24.4 Å². The molecule has 1 aromatic carbocycles. The lowest BCUT2D eigenvalue weighted by molar-refractivity contribution is 0.512. The third kappa shape index (κ3) is 3.33. The normalized spacial score (nSPS) is 12.5. The molecule has 0 heterocycles. The lowest BCUT2D eigenvalue weighted by Crippen LogP contribution is -2.17. The molecular weight excluding hydrogens is 213 g/mol. The highest BCUT2D eigenvalue weighted by molar-refractivity contribution is 6.30. The summed E-state index contributed by atoms with van der Waals surface area (Å²) in [4.78, 5) is 0. The van der Waals surface area contributed by atoms with E-state index in [1.165, 1.54) is 6.07 Å². The van der Waals surface area contributed by atoms with E-state index in [0.29, 0.717) is 10.6 Å². The number of hydrogen-bond donors (Lipinski definition) is 1. The maximum Gasteiger partial charge on any atom is 0.129 e. The molecular formula is C12H15ClFN. The predicted octanol–water partition coefficient (Wildman–Crippen LogP) is 3.71. The van der Waals surface area contributed by atoms with Crippen LogP contribution in [-0.2, 0) is 0 Å². The van der Waals surface area contributed by atoms with Gasteiger partial charge in [0, 0.05) is 16.6 Å². The number of nitrogens with one attached hydrogen (secondary N) is 1. The van der Waals surface area contributed by atoms with E-state index in [9.17, 15) is 4.39 Å². The average molecular weight is 228 g/mol. The fourth-order valence-corrected chi connectivity index (χ4v) is 1.68. The number of rotatable bonds is 5. The molecule has 1 rings (SSSR count). The van der Waals surface area contributed by atoms with E-state index in [-0.39, 0.29) is 11.9 Å². The fourth-order valence-electron chi connectivity index (χ4n) is 1.52. The van der Waals surface area contributed by atoms with Crippen LogP contribution in [0.4, 0.5) is 4.39 Å². The highest BCUT2D eigenvalue weighted by Crippen LogP contribution is 2.23. The Hall–Kier alpha value is -0.860. The van der Waals surface area contributed by atoms with Gasteiger partial charge in [-0.1, -0.05) is 23.7 Å². The summed E-state index contributed by atoms with van der Waals surface area (Å²) < 4.78 is 13.6. The van der Waals surface area contributed by atoms with Crippen molar-refractivity contribution in [3.8, 4) is 0 Å². The largest absolute Gasteiger partial charge is 0.313 e. The first-order valence-corrected chi connectivity index (χ1v) is 5.30. The minimum absolute atomic E-state index is 0.0141. The van der Waals surface area contributed by atoms with Gasteiger partial charge >= 0.3 is 0 Å². The first-order chi connectivity index (χ1) is 7.19. The molecule has 0 bridgehead atoms. The minimum atomic E-state index is -0.258. The number of hydrogen-bond acceptors (Lipinski definition) is 1. The summed E-state index contributed by atoms with van der Waals surface area (Å²) in [5.74, 6) is -0.258. The topological polar surface area (TPSA) is 12.0 Å². The first-order valence-electron chi connectivity index (χ1n) is 4.92. The van der Waals surface area contributed by atoms with Gasteiger partial charge in [0.25, 0.3) is 0 Å². The fraction of sp³-hybridized carbons (Fsp3) is 0.333. The molecule has 0 aromatic heterocycles. The van der Waals surface area contributed by atoms with Crippen molar-refractivity contribution in [2.45, 2.75) is 18.9 Å². The van der Waals surface area contributed by atoms with Gasteiger partial charge in [-0.15, -0.1) is 6.58 Å². The molecule has 1 atom stereocenters. The zero-order chi connectivity index (χ0) is 11.3. The Labute approximate surface area is 95.0 Å². The summed E-state index contributed by atoms with van der Waals surface area (Å²) in [6.45, 7) is 3.65. The Balaban J connectivity index is 2.86. The Kier molecular flexibility index (Phi) is 4.79. The molecule has 15 heavy (non-hydrogen) atoms. The minimum Gasteiger partial charge on any atom is -0.313 e. The number of allylic oxidation sites excluding steroid dienone is 1. The maximum absolute atomic E-state index is 13.6. The van der Waals surface area contributed by atoms with Gasteiger partial charge in [0.2, 0.25) is 0 Å². The van der Waals surface area contributed by atoms with Gasteiger partial charge in [-0.25, -0.2) is 4.39 Å². The molecule has 3 heteroatoms. The second kappa shape index (κ2) is 5.89. The molecule has 0 saturated carbocycles. The van der Waals surface area contributed by atoms with Gasteiger partial charge < -0.3 is 5.32 Å². The molecule has 1 N–H and O–H groups in total. The number of benzene rings is 1. The van der Waals surface area contributed by atoms with Crippen LogP contribution in [0.5, 0.6) is 0 Å². The van der Waals surface area contributed by atoms with E-state index in [0.717, 1.165) is 12.8 Å². The van der Waals surface area contributed by atoms with E-state index in [1.807, 2.05) is 13.1 Å². The van der Waals surface area contributed by atoms with Crippen molar-refractivity contribution in [1.29, 1.82) is 0 Å². The molecule has 1 nitrogen and oxygen atoms in total. The molecule has 82 valence electrons. The van der Waals surface area contributed by atoms with Crippen molar-refractivity contribution in [3.63, 3.8) is 0 Å². The molecule has 1 unspecified atom stereocenters. The molecule has 0 aliphatic carbocycles. The summed E-state index contributed by atoms with van der Waals surface area (Å²) in [5, 5.41) is 3.51. The van der Waals surface area contributed by atoms with Crippen molar-refractivity contribution in [3.05, 3.63) is 47.3 Å². The van der Waals surface area contributed by atoms with Crippen molar-refractivity contribution >= 4 is 11.6 Å². The zero-order valence-electron chi connectivity index (χ0n) is 8.76. The standard InChI is InChI=1S/C12H15ClFN/c1-3-4-5-12(15-2)10-7-6-9(13)8-11(10)14/h3,6-8,12,15H,1,4-5H2,2H3. The monoisotopic (exact) mass is 227 g/mol. The molecule has 0 saturated heterocycles. The molecule has 0 fully saturated rings. The van der Waals surface area contributed by atoms with Crippen LogP contribution in [0.25, 0.3) is 0 Å². The van der Waals surface area contributed by atoms with Gasteiger partial charge in [-0.3, -0.25) is 0 Å². The van der Waals surface area contributed by atoms with Crippen LogP contribution in [0.3, 0.4) is 0 Å². The van der Waals surface area contributed by atoms with Crippen LogP contribution in [0.15, 0.2) is 30.9 Å². The van der Waals surface area contributed by atoms with Crippen LogP contribution in [0, 0.1) is 5.82 Å². The summed E-state index contributed by atoms with van der Waals surface area (Å²) in [5.41, 5.74) is 0.656. The third-order valence-electron chi connectivity index (χ3n) is 2.35. The molecule has 0 aliphatic rings. The Morgan fingerprint density at radius 2 is 2.33 bits per heavy atom. The molecule has 0 aliphatic heterocycles. The first kappa shape index (κ1) is 12.2. The van der Waals surface area contributed by atoms with Gasteiger partial charge in [-0.05, 0) is 32.0 Å². The predicted molar refractivity (Wildman–Crippen MR) is 62.6 cm³/mol. The smallest absolute Gasteiger partial charge is 0.129 e. The summed E-state index contributed by atoms with van der Waals surface area (Å²) in [7, 11) is 1.82. The maximum atomic E-state index is 13.6.